The van der Waals surface area contributed by atoms with E-state index in [1.165, 1.54) is 30.7 Å². The third kappa shape index (κ3) is 4.82. The summed E-state index contributed by atoms with van der Waals surface area (Å²) in [5.41, 5.74) is 1.43. The molecule has 92 valence electrons. The van der Waals surface area contributed by atoms with E-state index in [1.54, 1.807) is 0 Å². The highest BCUT2D eigenvalue weighted by atomic mass is 32.2. The average molecular weight is 248 g/mol. The Morgan fingerprint density at radius 1 is 1.18 bits per heavy atom. The fourth-order valence-corrected chi connectivity index (χ4v) is 2.85. The van der Waals surface area contributed by atoms with Gasteiger partial charge in [0.05, 0.1) is 12.9 Å². The molecule has 0 saturated carbocycles. The highest BCUT2D eigenvalue weighted by Crippen LogP contribution is 2.13. The zero-order chi connectivity index (χ0) is 11.8. The number of hydrogen-bond acceptors (Lipinski definition) is 3. The van der Waals surface area contributed by atoms with Gasteiger partial charge in [-0.05, 0) is 24.2 Å². The second kappa shape index (κ2) is 7.38. The van der Waals surface area contributed by atoms with Crippen molar-refractivity contribution in [1.82, 2.24) is 4.90 Å². The van der Waals surface area contributed by atoms with Crippen LogP contribution in [0.5, 0.6) is 0 Å². The van der Waals surface area contributed by atoms with Crippen molar-refractivity contribution < 1.29 is 0 Å². The molecule has 0 fully saturated rings. The number of rotatable bonds is 7. The summed E-state index contributed by atoms with van der Waals surface area (Å²) in [5, 5.41) is 0. The maximum absolute atomic E-state index is 4.22. The lowest BCUT2D eigenvalue weighted by atomic mass is 10.2. The van der Waals surface area contributed by atoms with Crippen LogP contribution in [0.15, 0.2) is 35.3 Å². The highest BCUT2D eigenvalue weighted by Gasteiger charge is 2.03. The first-order valence-corrected chi connectivity index (χ1v) is 7.46. The van der Waals surface area contributed by atoms with Crippen molar-refractivity contribution in [3.63, 3.8) is 0 Å². The number of unbranched alkanes of at least 4 members (excludes halogenated alkanes) is 1. The van der Waals surface area contributed by atoms with Crippen molar-refractivity contribution in [3.8, 4) is 0 Å². The van der Waals surface area contributed by atoms with Crippen LogP contribution in [0, 0.1) is 0 Å². The molecule has 3 heteroatoms. The van der Waals surface area contributed by atoms with Gasteiger partial charge in [-0.1, -0.05) is 30.3 Å². The largest absolute Gasteiger partial charge is 0.361 e. The summed E-state index contributed by atoms with van der Waals surface area (Å²) in [7, 11) is 0. The second-order valence-electron chi connectivity index (χ2n) is 4.30. The molecule has 2 nitrogen and oxygen atoms in total. The van der Waals surface area contributed by atoms with E-state index in [2.05, 4.69) is 40.2 Å². The standard InChI is InChI=1S/C14H20N2S/c1-2-6-14(7-3-1)12-17-11-5-4-9-16-10-8-15-13-16/h1-3,6-7,13H,4-5,8-12H2. The van der Waals surface area contributed by atoms with Crippen molar-refractivity contribution >= 4 is 18.1 Å². The Balaban J connectivity index is 1.48. The van der Waals surface area contributed by atoms with Crippen molar-refractivity contribution in [3.05, 3.63) is 35.9 Å². The molecule has 1 heterocycles. The number of hydrogen-bond donors (Lipinski definition) is 0. The Labute approximate surface area is 108 Å². The van der Waals surface area contributed by atoms with Gasteiger partial charge < -0.3 is 4.90 Å². The van der Waals surface area contributed by atoms with E-state index in [0.29, 0.717) is 0 Å². The predicted octanol–water partition coefficient (Wildman–Crippen LogP) is 3.04. The van der Waals surface area contributed by atoms with Crippen LogP contribution in [0.2, 0.25) is 0 Å². The molecule has 1 aromatic rings. The first-order valence-electron chi connectivity index (χ1n) is 6.31. The van der Waals surface area contributed by atoms with Crippen LogP contribution in [0.1, 0.15) is 18.4 Å². The van der Waals surface area contributed by atoms with Gasteiger partial charge in [-0.25, -0.2) is 0 Å². The van der Waals surface area contributed by atoms with E-state index < -0.39 is 0 Å². The third-order valence-corrected chi connectivity index (χ3v) is 3.97. The number of benzene rings is 1. The summed E-state index contributed by atoms with van der Waals surface area (Å²) >= 11 is 2.04. The first kappa shape index (κ1) is 12.5. The van der Waals surface area contributed by atoms with E-state index in [0.717, 1.165) is 18.8 Å². The van der Waals surface area contributed by atoms with E-state index in [-0.39, 0.29) is 0 Å². The average Bonchev–Trinajstić information content (AvgIpc) is 2.88. The highest BCUT2D eigenvalue weighted by molar-refractivity contribution is 7.98. The summed E-state index contributed by atoms with van der Waals surface area (Å²) in [5.74, 6) is 2.41. The van der Waals surface area contributed by atoms with E-state index in [1.807, 2.05) is 18.1 Å². The molecule has 2 rings (SSSR count). The van der Waals surface area contributed by atoms with Crippen LogP contribution in [0.25, 0.3) is 0 Å². The summed E-state index contributed by atoms with van der Waals surface area (Å²) in [6, 6.07) is 10.7. The quantitative estimate of drug-likeness (QED) is 0.689. The smallest absolute Gasteiger partial charge is 0.0851 e. The minimum atomic E-state index is 0.989. The van der Waals surface area contributed by atoms with Crippen LogP contribution >= 0.6 is 11.8 Å². The van der Waals surface area contributed by atoms with Gasteiger partial charge in [-0.15, -0.1) is 0 Å². The zero-order valence-corrected chi connectivity index (χ0v) is 11.0. The summed E-state index contributed by atoms with van der Waals surface area (Å²) in [4.78, 5) is 6.54. The summed E-state index contributed by atoms with van der Waals surface area (Å²) in [6.07, 6.45) is 4.59. The fourth-order valence-electron chi connectivity index (χ4n) is 1.87. The van der Waals surface area contributed by atoms with Crippen molar-refractivity contribution in [2.45, 2.75) is 18.6 Å². The SMILES string of the molecule is C1=NCCN1CCCCSCc1ccccc1. The van der Waals surface area contributed by atoms with Crippen molar-refractivity contribution in [2.24, 2.45) is 4.99 Å². The van der Waals surface area contributed by atoms with Gasteiger partial charge in [0.2, 0.25) is 0 Å². The molecule has 0 atom stereocenters. The van der Waals surface area contributed by atoms with Crippen LogP contribution in [0.4, 0.5) is 0 Å². The maximum Gasteiger partial charge on any atom is 0.0851 e. The minimum Gasteiger partial charge on any atom is -0.361 e. The molecule has 0 aromatic heterocycles. The molecule has 17 heavy (non-hydrogen) atoms. The molecule has 0 unspecified atom stereocenters. The Kier molecular flexibility index (Phi) is 5.43. The lowest BCUT2D eigenvalue weighted by Crippen LogP contribution is -2.20. The number of aliphatic imine (C=N–C) groups is 1. The van der Waals surface area contributed by atoms with Gasteiger partial charge >= 0.3 is 0 Å². The Morgan fingerprint density at radius 3 is 2.82 bits per heavy atom. The van der Waals surface area contributed by atoms with Gasteiger partial charge in [0, 0.05) is 18.8 Å². The lowest BCUT2D eigenvalue weighted by molar-refractivity contribution is 0.453. The zero-order valence-electron chi connectivity index (χ0n) is 10.2. The Morgan fingerprint density at radius 2 is 2.06 bits per heavy atom. The van der Waals surface area contributed by atoms with Gasteiger partial charge in [0.1, 0.15) is 0 Å². The van der Waals surface area contributed by atoms with Crippen LogP contribution in [-0.4, -0.2) is 36.6 Å². The number of nitrogens with zero attached hydrogens (tertiary/aromatic N) is 2. The summed E-state index contributed by atoms with van der Waals surface area (Å²) < 4.78 is 0. The van der Waals surface area contributed by atoms with Crippen LogP contribution in [-0.2, 0) is 5.75 Å². The second-order valence-corrected chi connectivity index (χ2v) is 5.41. The molecule has 0 amide bonds. The molecule has 1 aliphatic heterocycles. The van der Waals surface area contributed by atoms with E-state index >= 15 is 0 Å². The fraction of sp³-hybridized carbons (Fsp3) is 0.500. The third-order valence-electron chi connectivity index (χ3n) is 2.86. The maximum atomic E-state index is 4.22. The monoisotopic (exact) mass is 248 g/mol. The molecule has 0 saturated heterocycles. The normalized spacial score (nSPS) is 14.5. The molecule has 0 bridgehead atoms. The molecular formula is C14H20N2S. The molecule has 0 N–H and O–H groups in total. The van der Waals surface area contributed by atoms with Gasteiger partial charge in [-0.3, -0.25) is 4.99 Å². The van der Waals surface area contributed by atoms with E-state index in [9.17, 15) is 0 Å². The molecule has 0 aliphatic carbocycles. The lowest BCUT2D eigenvalue weighted by Gasteiger charge is -2.12. The predicted molar refractivity (Wildman–Crippen MR) is 76.8 cm³/mol. The Hall–Kier alpha value is -0.960. The summed E-state index contributed by atoms with van der Waals surface area (Å²) in [6.45, 7) is 3.29. The molecule has 0 spiro atoms. The van der Waals surface area contributed by atoms with E-state index in [4.69, 9.17) is 0 Å². The van der Waals surface area contributed by atoms with Gasteiger partial charge in [-0.2, -0.15) is 11.8 Å². The first-order chi connectivity index (χ1) is 8.45. The molecule has 1 aromatic carbocycles. The van der Waals surface area contributed by atoms with Gasteiger partial charge in [0.15, 0.2) is 0 Å². The van der Waals surface area contributed by atoms with Crippen molar-refractivity contribution in [1.29, 1.82) is 0 Å². The van der Waals surface area contributed by atoms with Crippen LogP contribution in [0.3, 0.4) is 0 Å². The van der Waals surface area contributed by atoms with Crippen molar-refractivity contribution in [2.75, 3.05) is 25.4 Å². The number of thioether (sulfide) groups is 1. The van der Waals surface area contributed by atoms with Crippen LogP contribution < -0.4 is 0 Å². The topological polar surface area (TPSA) is 15.6 Å². The minimum absolute atomic E-state index is 0.989. The molecular weight excluding hydrogens is 228 g/mol. The molecule has 1 aliphatic rings. The molecule has 0 radical (unpaired) electrons. The van der Waals surface area contributed by atoms with Gasteiger partial charge in [0.25, 0.3) is 0 Å². The Bertz CT molecular complexity index is 337.